The van der Waals surface area contributed by atoms with Crippen molar-refractivity contribution in [2.24, 2.45) is 5.41 Å². The summed E-state index contributed by atoms with van der Waals surface area (Å²) in [5, 5.41) is 0. The first-order chi connectivity index (χ1) is 5.00. The molecule has 0 aromatic carbocycles. The maximum absolute atomic E-state index is 2.19. The minimum Gasteiger partial charge on any atom is -0.0683 e. The molecule has 12 heavy (non-hydrogen) atoms. The molecule has 0 aliphatic heterocycles. The van der Waals surface area contributed by atoms with E-state index in [4.69, 9.17) is 0 Å². The summed E-state index contributed by atoms with van der Waals surface area (Å²) in [4.78, 5) is 0. The van der Waals surface area contributed by atoms with E-state index < -0.39 is 0 Å². The highest BCUT2D eigenvalue weighted by molar-refractivity contribution is 5.75. The van der Waals surface area contributed by atoms with Crippen molar-refractivity contribution in [2.45, 2.75) is 69.2 Å². The highest BCUT2D eigenvalue weighted by Gasteiger charge is 1.95. The molecule has 0 aliphatic rings. The molecule has 0 saturated heterocycles. The van der Waals surface area contributed by atoms with Crippen LogP contribution in [0.4, 0.5) is 0 Å². The van der Waals surface area contributed by atoms with E-state index in [1.165, 1.54) is 0 Å². The average Bonchev–Trinajstić information content (AvgIpc) is 1.96. The highest BCUT2D eigenvalue weighted by Crippen LogP contribution is 2.07. The van der Waals surface area contributed by atoms with Crippen molar-refractivity contribution in [1.82, 2.24) is 0 Å². The molecule has 0 atom stereocenters. The van der Waals surface area contributed by atoms with Crippen LogP contribution in [-0.2, 0) is 0 Å². The van der Waals surface area contributed by atoms with Crippen LogP contribution in [0.3, 0.4) is 0 Å². The maximum Gasteiger partial charge on any atom is 0 e. The Bertz CT molecular complexity index is 20.5. The molecule has 0 aliphatic carbocycles. The summed E-state index contributed by atoms with van der Waals surface area (Å²) in [5.41, 5.74) is 0.500. The molecule has 0 spiro atoms. The molecular formula is C11H30B. The van der Waals surface area contributed by atoms with Gasteiger partial charge in [-0.3, -0.25) is 0 Å². The molecule has 3 radical (unpaired) electrons. The Morgan fingerprint density at radius 1 is 0.500 bits per heavy atom. The number of rotatable bonds is 0. The Hall–Kier alpha value is 0.0649. The van der Waals surface area contributed by atoms with E-state index in [1.54, 1.807) is 0 Å². The van der Waals surface area contributed by atoms with Gasteiger partial charge in [0.1, 0.15) is 0 Å². The summed E-state index contributed by atoms with van der Waals surface area (Å²) in [5.74, 6) is 0. The predicted molar refractivity (Wildman–Crippen MR) is 64.9 cm³/mol. The second kappa shape index (κ2) is 30.5. The first-order valence-electron chi connectivity index (χ1n) is 5.00. The van der Waals surface area contributed by atoms with Gasteiger partial charge in [-0.05, 0) is 5.41 Å². The van der Waals surface area contributed by atoms with Gasteiger partial charge in [-0.15, -0.1) is 0 Å². The molecule has 0 nitrogen and oxygen atoms in total. The third-order valence-electron chi connectivity index (χ3n) is 0. The molecule has 0 fully saturated rings. The maximum atomic E-state index is 2.19. The molecule has 0 aromatic rings. The lowest BCUT2D eigenvalue weighted by molar-refractivity contribution is 0.469. The Labute approximate surface area is 83.7 Å². The van der Waals surface area contributed by atoms with Gasteiger partial charge in [-0.2, -0.15) is 0 Å². The van der Waals surface area contributed by atoms with Gasteiger partial charge in [0.05, 0.1) is 0 Å². The Morgan fingerprint density at radius 2 is 0.500 bits per heavy atom. The van der Waals surface area contributed by atoms with E-state index in [-0.39, 0.29) is 8.41 Å². The molecule has 0 aromatic heterocycles. The molecule has 1 heteroatoms. The van der Waals surface area contributed by atoms with Crippen LogP contribution in [0.25, 0.3) is 0 Å². The summed E-state index contributed by atoms with van der Waals surface area (Å²) >= 11 is 0. The second-order valence-electron chi connectivity index (χ2n) is 3.00. The first-order valence-corrected chi connectivity index (χ1v) is 5.00. The Balaban J connectivity index is -0.0000000203. The first kappa shape index (κ1) is 29.6. The minimum atomic E-state index is 0. The van der Waals surface area contributed by atoms with Crippen LogP contribution >= 0.6 is 0 Å². The van der Waals surface area contributed by atoms with E-state index in [0.29, 0.717) is 5.41 Å². The van der Waals surface area contributed by atoms with Gasteiger partial charge < -0.3 is 0 Å². The minimum absolute atomic E-state index is 0. The van der Waals surface area contributed by atoms with Crippen LogP contribution in [-0.4, -0.2) is 8.41 Å². The van der Waals surface area contributed by atoms with E-state index in [9.17, 15) is 0 Å². The zero-order valence-electron chi connectivity index (χ0n) is 11.1. The summed E-state index contributed by atoms with van der Waals surface area (Å²) in [7, 11) is 0. The molecule has 0 saturated carbocycles. The van der Waals surface area contributed by atoms with Crippen molar-refractivity contribution in [3.63, 3.8) is 0 Å². The zero-order valence-corrected chi connectivity index (χ0v) is 11.1. The van der Waals surface area contributed by atoms with Gasteiger partial charge >= 0.3 is 0 Å². The number of hydrogen-bond acceptors (Lipinski definition) is 0. The monoisotopic (exact) mass is 173 g/mol. The molecular weight excluding hydrogens is 143 g/mol. The lowest BCUT2D eigenvalue weighted by atomic mass is 10.0. The highest BCUT2D eigenvalue weighted by atomic mass is 14.0. The zero-order chi connectivity index (χ0) is 10.5. The molecule has 77 valence electrons. The summed E-state index contributed by atoms with van der Waals surface area (Å²) in [6.07, 6.45) is 0. The second-order valence-corrected chi connectivity index (χ2v) is 3.00. The Kier molecular flexibility index (Phi) is 75.2. The smallest absolute Gasteiger partial charge is 0 e. The van der Waals surface area contributed by atoms with Crippen molar-refractivity contribution in [3.8, 4) is 0 Å². The molecule has 0 unspecified atom stereocenters. The fraction of sp³-hybridized carbons (Fsp3) is 1.00. The SMILES string of the molecule is CC.CC.CC.CC(C)(C)C.[B]. The Morgan fingerprint density at radius 3 is 0.500 bits per heavy atom. The summed E-state index contributed by atoms with van der Waals surface area (Å²) < 4.78 is 0. The van der Waals surface area contributed by atoms with Crippen molar-refractivity contribution in [3.05, 3.63) is 0 Å². The quantitative estimate of drug-likeness (QED) is 0.463. The number of hydrogen-bond donors (Lipinski definition) is 0. The van der Waals surface area contributed by atoms with Crippen LogP contribution in [0, 0.1) is 5.41 Å². The third kappa shape index (κ3) is 196000. The van der Waals surface area contributed by atoms with Crippen LogP contribution in [0.5, 0.6) is 0 Å². The van der Waals surface area contributed by atoms with E-state index in [0.717, 1.165) is 0 Å². The predicted octanol–water partition coefficient (Wildman–Crippen LogP) is 4.75. The lowest BCUT2D eigenvalue weighted by Crippen LogP contribution is -1.93. The largest absolute Gasteiger partial charge is 0.0683 e. The van der Waals surface area contributed by atoms with Crippen molar-refractivity contribution < 1.29 is 0 Å². The summed E-state index contributed by atoms with van der Waals surface area (Å²) in [6, 6.07) is 0. The van der Waals surface area contributed by atoms with Crippen molar-refractivity contribution in [2.75, 3.05) is 0 Å². The normalized spacial score (nSPS) is 6.50. The standard InChI is InChI=1S/C5H12.3C2H6.B/c1-5(2,3)4;3*1-2;/h1-4H3;3*1-2H3;. The van der Waals surface area contributed by atoms with Crippen LogP contribution in [0.15, 0.2) is 0 Å². The average molecular weight is 173 g/mol. The van der Waals surface area contributed by atoms with Crippen molar-refractivity contribution >= 4 is 8.41 Å². The van der Waals surface area contributed by atoms with Crippen LogP contribution < -0.4 is 0 Å². The van der Waals surface area contributed by atoms with Crippen LogP contribution in [0.1, 0.15) is 69.2 Å². The van der Waals surface area contributed by atoms with E-state index in [1.807, 2.05) is 41.5 Å². The summed E-state index contributed by atoms with van der Waals surface area (Å²) in [6.45, 7) is 20.8. The van der Waals surface area contributed by atoms with Gasteiger partial charge in [-0.1, -0.05) is 69.2 Å². The topological polar surface area (TPSA) is 0 Å². The van der Waals surface area contributed by atoms with Crippen molar-refractivity contribution in [1.29, 1.82) is 0 Å². The van der Waals surface area contributed by atoms with Gasteiger partial charge in [-0.25, -0.2) is 0 Å². The molecule has 0 rings (SSSR count). The fourth-order valence-corrected chi connectivity index (χ4v) is 0. The van der Waals surface area contributed by atoms with Gasteiger partial charge in [0.15, 0.2) is 0 Å². The third-order valence-corrected chi connectivity index (χ3v) is 0. The molecule has 0 heterocycles. The van der Waals surface area contributed by atoms with Crippen LogP contribution in [0.2, 0.25) is 0 Å². The van der Waals surface area contributed by atoms with Gasteiger partial charge in [0.25, 0.3) is 0 Å². The van der Waals surface area contributed by atoms with E-state index >= 15 is 0 Å². The van der Waals surface area contributed by atoms with Gasteiger partial charge in [0, 0.05) is 8.41 Å². The molecule has 0 bridgehead atoms. The molecule has 0 N–H and O–H groups in total. The van der Waals surface area contributed by atoms with Gasteiger partial charge in [0.2, 0.25) is 0 Å². The fourth-order valence-electron chi connectivity index (χ4n) is 0. The van der Waals surface area contributed by atoms with E-state index in [2.05, 4.69) is 27.7 Å². The molecule has 0 amide bonds. The lowest BCUT2D eigenvalue weighted by Gasteiger charge is -2.05.